The molecular weight excluding hydrogens is 262 g/mol. The fourth-order valence-corrected chi connectivity index (χ4v) is 3.14. The minimum absolute atomic E-state index is 0.00389. The molecule has 0 atom stereocenters. The summed E-state index contributed by atoms with van der Waals surface area (Å²) in [6.07, 6.45) is 1.48. The van der Waals surface area contributed by atoms with Crippen molar-refractivity contribution < 1.29 is 13.5 Å². The van der Waals surface area contributed by atoms with E-state index in [0.717, 1.165) is 12.0 Å². The second-order valence-corrected chi connectivity index (χ2v) is 7.36. The van der Waals surface area contributed by atoms with Crippen molar-refractivity contribution in [1.82, 2.24) is 4.72 Å². The molecule has 0 aliphatic carbocycles. The smallest absolute Gasteiger partial charge is 0.215 e. The summed E-state index contributed by atoms with van der Waals surface area (Å²) in [6.45, 7) is 4.52. The van der Waals surface area contributed by atoms with E-state index in [2.05, 4.69) is 4.72 Å². The van der Waals surface area contributed by atoms with E-state index in [1.165, 1.54) is 0 Å². The molecule has 0 heterocycles. The molecule has 0 spiro atoms. The Hall–Kier alpha value is -0.910. The predicted molar refractivity (Wildman–Crippen MR) is 77.2 cm³/mol. The topological polar surface area (TPSA) is 66.4 Å². The standard InChI is InChI=1S/C14H23NO3S/c1-14(2,9-6-10-16)12-15-19(17,18)11-13-7-4-3-5-8-13/h3-5,7-8,15-16H,6,9-12H2,1-2H3. The molecule has 0 saturated heterocycles. The Morgan fingerprint density at radius 1 is 1.21 bits per heavy atom. The van der Waals surface area contributed by atoms with E-state index in [0.29, 0.717) is 13.0 Å². The van der Waals surface area contributed by atoms with E-state index in [1.54, 1.807) is 12.1 Å². The van der Waals surface area contributed by atoms with Gasteiger partial charge >= 0.3 is 0 Å². The second kappa shape index (κ2) is 7.03. The molecular formula is C14H23NO3S. The Morgan fingerprint density at radius 3 is 2.42 bits per heavy atom. The third kappa shape index (κ3) is 6.71. The SMILES string of the molecule is CC(C)(CCCO)CNS(=O)(=O)Cc1ccccc1. The molecule has 0 radical (unpaired) electrons. The average molecular weight is 285 g/mol. The van der Waals surface area contributed by atoms with Crippen molar-refractivity contribution in [2.45, 2.75) is 32.4 Å². The van der Waals surface area contributed by atoms with Crippen molar-refractivity contribution in [3.8, 4) is 0 Å². The maximum atomic E-state index is 12.0. The van der Waals surface area contributed by atoms with Crippen molar-refractivity contribution in [3.63, 3.8) is 0 Å². The summed E-state index contributed by atoms with van der Waals surface area (Å²) in [4.78, 5) is 0. The van der Waals surface area contributed by atoms with Crippen molar-refractivity contribution in [1.29, 1.82) is 0 Å². The van der Waals surface area contributed by atoms with Gasteiger partial charge in [-0.3, -0.25) is 0 Å². The van der Waals surface area contributed by atoms with Gasteiger partial charge in [-0.2, -0.15) is 0 Å². The molecule has 1 aromatic rings. The molecule has 0 aliphatic heterocycles. The minimum atomic E-state index is -3.31. The molecule has 0 aromatic heterocycles. The molecule has 1 aromatic carbocycles. The third-order valence-corrected chi connectivity index (χ3v) is 4.28. The fourth-order valence-electron chi connectivity index (χ4n) is 1.80. The Morgan fingerprint density at radius 2 is 1.84 bits per heavy atom. The molecule has 108 valence electrons. The van der Waals surface area contributed by atoms with Gasteiger partial charge in [0, 0.05) is 13.2 Å². The molecule has 0 amide bonds. The lowest BCUT2D eigenvalue weighted by molar-refractivity contribution is 0.242. The number of rotatable bonds is 8. The van der Waals surface area contributed by atoms with E-state index in [-0.39, 0.29) is 17.8 Å². The first-order valence-corrected chi connectivity index (χ1v) is 8.12. The second-order valence-electron chi connectivity index (χ2n) is 5.56. The van der Waals surface area contributed by atoms with Gasteiger partial charge in [0.15, 0.2) is 0 Å². The van der Waals surface area contributed by atoms with Crippen LogP contribution in [0.1, 0.15) is 32.3 Å². The average Bonchev–Trinajstić information content (AvgIpc) is 2.35. The number of hydrogen-bond donors (Lipinski definition) is 2. The van der Waals surface area contributed by atoms with Crippen molar-refractivity contribution in [3.05, 3.63) is 35.9 Å². The maximum Gasteiger partial charge on any atom is 0.215 e. The van der Waals surface area contributed by atoms with Gasteiger partial charge in [-0.05, 0) is 23.8 Å². The zero-order valence-corrected chi connectivity index (χ0v) is 12.4. The van der Waals surface area contributed by atoms with Gasteiger partial charge in [0.2, 0.25) is 10.0 Å². The van der Waals surface area contributed by atoms with Crippen LogP contribution in [0.2, 0.25) is 0 Å². The summed E-state index contributed by atoms with van der Waals surface area (Å²) in [5.74, 6) is 0.00389. The van der Waals surface area contributed by atoms with Crippen molar-refractivity contribution >= 4 is 10.0 Å². The first-order valence-electron chi connectivity index (χ1n) is 6.47. The number of nitrogens with one attached hydrogen (secondary N) is 1. The maximum absolute atomic E-state index is 12.0. The first kappa shape index (κ1) is 16.1. The van der Waals surface area contributed by atoms with Gasteiger partial charge in [-0.1, -0.05) is 44.2 Å². The summed E-state index contributed by atoms with van der Waals surface area (Å²) in [7, 11) is -3.31. The molecule has 19 heavy (non-hydrogen) atoms. The van der Waals surface area contributed by atoms with Crippen LogP contribution >= 0.6 is 0 Å². The highest BCUT2D eigenvalue weighted by molar-refractivity contribution is 7.88. The van der Waals surface area contributed by atoms with E-state index in [1.807, 2.05) is 32.0 Å². The van der Waals surface area contributed by atoms with E-state index >= 15 is 0 Å². The fraction of sp³-hybridized carbons (Fsp3) is 0.571. The van der Waals surface area contributed by atoms with Crippen LogP contribution in [0.25, 0.3) is 0 Å². The summed E-state index contributed by atoms with van der Waals surface area (Å²) in [5, 5.41) is 8.81. The number of benzene rings is 1. The Kier molecular flexibility index (Phi) is 5.97. The number of sulfonamides is 1. The van der Waals surface area contributed by atoms with Crippen LogP contribution in [-0.4, -0.2) is 26.7 Å². The molecule has 1 rings (SSSR count). The largest absolute Gasteiger partial charge is 0.396 e. The molecule has 0 saturated carbocycles. The summed E-state index contributed by atoms with van der Waals surface area (Å²) >= 11 is 0. The zero-order valence-electron chi connectivity index (χ0n) is 11.6. The van der Waals surface area contributed by atoms with Crippen LogP contribution in [0.3, 0.4) is 0 Å². The first-order chi connectivity index (χ1) is 8.85. The molecule has 0 fully saturated rings. The lowest BCUT2D eigenvalue weighted by Gasteiger charge is -2.24. The molecule has 5 heteroatoms. The third-order valence-electron chi connectivity index (χ3n) is 2.98. The van der Waals surface area contributed by atoms with Gasteiger partial charge in [0.25, 0.3) is 0 Å². The highest BCUT2D eigenvalue weighted by atomic mass is 32.2. The number of hydrogen-bond acceptors (Lipinski definition) is 3. The van der Waals surface area contributed by atoms with E-state index < -0.39 is 10.0 Å². The van der Waals surface area contributed by atoms with Gasteiger partial charge in [-0.25, -0.2) is 13.1 Å². The Labute approximate surface area is 115 Å². The van der Waals surface area contributed by atoms with Crippen LogP contribution < -0.4 is 4.72 Å². The van der Waals surface area contributed by atoms with E-state index in [4.69, 9.17) is 5.11 Å². The predicted octanol–water partition coefficient (Wildman–Crippen LogP) is 1.90. The normalized spacial score (nSPS) is 12.6. The number of aliphatic hydroxyl groups is 1. The van der Waals surface area contributed by atoms with Crippen LogP contribution in [0.15, 0.2) is 30.3 Å². The summed E-state index contributed by atoms with van der Waals surface area (Å²) < 4.78 is 26.6. The van der Waals surface area contributed by atoms with E-state index in [9.17, 15) is 8.42 Å². The Balaban J connectivity index is 2.51. The highest BCUT2D eigenvalue weighted by Gasteiger charge is 2.20. The lowest BCUT2D eigenvalue weighted by atomic mass is 9.88. The zero-order chi connectivity index (χ0) is 14.4. The van der Waals surface area contributed by atoms with Gasteiger partial charge in [0.05, 0.1) is 5.75 Å². The van der Waals surface area contributed by atoms with Crippen molar-refractivity contribution in [2.75, 3.05) is 13.2 Å². The van der Waals surface area contributed by atoms with Crippen LogP contribution in [0, 0.1) is 5.41 Å². The van der Waals surface area contributed by atoms with Crippen molar-refractivity contribution in [2.24, 2.45) is 5.41 Å². The quantitative estimate of drug-likeness (QED) is 0.766. The monoisotopic (exact) mass is 285 g/mol. The summed E-state index contributed by atoms with van der Waals surface area (Å²) in [5.41, 5.74) is 0.634. The van der Waals surface area contributed by atoms with Crippen LogP contribution in [-0.2, 0) is 15.8 Å². The Bertz CT molecular complexity index is 469. The van der Waals surface area contributed by atoms with Crippen LogP contribution in [0.5, 0.6) is 0 Å². The molecule has 4 nitrogen and oxygen atoms in total. The lowest BCUT2D eigenvalue weighted by Crippen LogP contribution is -2.34. The van der Waals surface area contributed by atoms with Gasteiger partial charge in [-0.15, -0.1) is 0 Å². The molecule has 0 unspecified atom stereocenters. The molecule has 2 N–H and O–H groups in total. The highest BCUT2D eigenvalue weighted by Crippen LogP contribution is 2.21. The van der Waals surface area contributed by atoms with Gasteiger partial charge < -0.3 is 5.11 Å². The minimum Gasteiger partial charge on any atom is -0.396 e. The van der Waals surface area contributed by atoms with Crippen LogP contribution in [0.4, 0.5) is 0 Å². The number of aliphatic hydroxyl groups excluding tert-OH is 1. The molecule has 0 aliphatic rings. The van der Waals surface area contributed by atoms with Gasteiger partial charge in [0.1, 0.15) is 0 Å². The molecule has 0 bridgehead atoms. The summed E-state index contributed by atoms with van der Waals surface area (Å²) in [6, 6.07) is 9.12.